The highest BCUT2D eigenvalue weighted by Gasteiger charge is 2.38. The van der Waals surface area contributed by atoms with Gasteiger partial charge in [-0.1, -0.05) is 17.7 Å². The minimum Gasteiger partial charge on any atom is -0.378 e. The molecule has 0 saturated carbocycles. The van der Waals surface area contributed by atoms with Crippen LogP contribution in [0.1, 0.15) is 31.2 Å². The molecule has 6 heteroatoms. The largest absolute Gasteiger partial charge is 0.378 e. The predicted octanol–water partition coefficient (Wildman–Crippen LogP) is 1.70. The van der Waals surface area contributed by atoms with Gasteiger partial charge in [0.25, 0.3) is 0 Å². The maximum Gasteiger partial charge on any atom is 0.228 e. The minimum absolute atomic E-state index is 0.0345. The molecular formula is C20H29N3O3. The molecule has 1 aromatic carbocycles. The van der Waals surface area contributed by atoms with Gasteiger partial charge in [0, 0.05) is 38.3 Å². The number of carbonyl (C=O) groups is 2. The van der Waals surface area contributed by atoms with Gasteiger partial charge in [-0.2, -0.15) is 0 Å². The Morgan fingerprint density at radius 3 is 2.58 bits per heavy atom. The van der Waals surface area contributed by atoms with Gasteiger partial charge in [-0.15, -0.1) is 0 Å². The van der Waals surface area contributed by atoms with Gasteiger partial charge in [0.15, 0.2) is 0 Å². The van der Waals surface area contributed by atoms with Crippen molar-refractivity contribution in [2.75, 3.05) is 37.7 Å². The van der Waals surface area contributed by atoms with Gasteiger partial charge in [0.05, 0.1) is 12.0 Å². The van der Waals surface area contributed by atoms with Gasteiger partial charge in [0.2, 0.25) is 11.8 Å². The van der Waals surface area contributed by atoms with Crippen LogP contribution < -0.4 is 10.6 Å². The van der Waals surface area contributed by atoms with Crippen LogP contribution in [0.2, 0.25) is 0 Å². The van der Waals surface area contributed by atoms with E-state index in [2.05, 4.69) is 0 Å². The normalized spacial score (nSPS) is 21.5. The number of benzene rings is 1. The van der Waals surface area contributed by atoms with Crippen molar-refractivity contribution in [2.24, 2.45) is 11.7 Å². The number of piperidine rings is 1. The second-order valence-electron chi connectivity index (χ2n) is 7.28. The highest BCUT2D eigenvalue weighted by atomic mass is 16.5. The molecule has 2 aliphatic rings. The Labute approximate surface area is 155 Å². The third-order valence-corrected chi connectivity index (χ3v) is 5.28. The number of aryl methyl sites for hydroxylation is 1. The average Bonchev–Trinajstić information content (AvgIpc) is 3.04. The SMILES string of the molecule is Cc1ccc(N2CC(C(=O)N3CCC(OCCCN)CC3)CC2=O)cc1. The molecule has 2 heterocycles. The van der Waals surface area contributed by atoms with E-state index in [1.165, 1.54) is 0 Å². The van der Waals surface area contributed by atoms with E-state index < -0.39 is 0 Å². The summed E-state index contributed by atoms with van der Waals surface area (Å²) in [5, 5.41) is 0. The number of ether oxygens (including phenoxy) is 1. The topological polar surface area (TPSA) is 75.9 Å². The zero-order chi connectivity index (χ0) is 18.5. The zero-order valence-electron chi connectivity index (χ0n) is 15.5. The summed E-state index contributed by atoms with van der Waals surface area (Å²) in [6.07, 6.45) is 3.12. The van der Waals surface area contributed by atoms with E-state index >= 15 is 0 Å². The predicted molar refractivity (Wildman–Crippen MR) is 101 cm³/mol. The third kappa shape index (κ3) is 4.43. The van der Waals surface area contributed by atoms with Gasteiger partial charge in [0.1, 0.15) is 0 Å². The lowest BCUT2D eigenvalue weighted by Crippen LogP contribution is -2.44. The smallest absolute Gasteiger partial charge is 0.228 e. The lowest BCUT2D eigenvalue weighted by atomic mass is 10.0. The van der Waals surface area contributed by atoms with E-state index in [4.69, 9.17) is 10.5 Å². The second kappa shape index (κ2) is 8.64. The molecule has 0 bridgehead atoms. The van der Waals surface area contributed by atoms with Crippen LogP contribution in [0.5, 0.6) is 0 Å². The van der Waals surface area contributed by atoms with Crippen molar-refractivity contribution in [3.63, 3.8) is 0 Å². The first kappa shape index (κ1) is 18.9. The summed E-state index contributed by atoms with van der Waals surface area (Å²) in [6.45, 7) is 5.25. The number of anilines is 1. The van der Waals surface area contributed by atoms with Crippen LogP contribution in [0.15, 0.2) is 24.3 Å². The van der Waals surface area contributed by atoms with E-state index in [1.54, 1.807) is 4.90 Å². The van der Waals surface area contributed by atoms with Crippen molar-refractivity contribution in [1.29, 1.82) is 0 Å². The van der Waals surface area contributed by atoms with Crippen LogP contribution in [-0.4, -0.2) is 55.6 Å². The number of carbonyl (C=O) groups excluding carboxylic acids is 2. The summed E-state index contributed by atoms with van der Waals surface area (Å²) in [5.74, 6) is -0.0981. The summed E-state index contributed by atoms with van der Waals surface area (Å²) in [5.41, 5.74) is 7.52. The molecule has 0 radical (unpaired) electrons. The van der Waals surface area contributed by atoms with Crippen molar-refractivity contribution in [1.82, 2.24) is 4.90 Å². The molecule has 0 spiro atoms. The van der Waals surface area contributed by atoms with E-state index in [1.807, 2.05) is 36.1 Å². The van der Waals surface area contributed by atoms with Crippen molar-refractivity contribution < 1.29 is 14.3 Å². The molecule has 2 fully saturated rings. The van der Waals surface area contributed by atoms with Crippen molar-refractivity contribution in [2.45, 2.75) is 38.7 Å². The Hall–Kier alpha value is -1.92. The van der Waals surface area contributed by atoms with E-state index in [9.17, 15) is 9.59 Å². The van der Waals surface area contributed by atoms with Crippen molar-refractivity contribution in [3.05, 3.63) is 29.8 Å². The molecule has 3 rings (SSSR count). The molecule has 1 atom stereocenters. The molecule has 26 heavy (non-hydrogen) atoms. The van der Waals surface area contributed by atoms with Gasteiger partial charge >= 0.3 is 0 Å². The molecule has 1 unspecified atom stereocenters. The van der Waals surface area contributed by atoms with Crippen molar-refractivity contribution in [3.8, 4) is 0 Å². The number of amides is 2. The summed E-state index contributed by atoms with van der Waals surface area (Å²) >= 11 is 0. The Morgan fingerprint density at radius 2 is 1.92 bits per heavy atom. The lowest BCUT2D eigenvalue weighted by Gasteiger charge is -2.33. The van der Waals surface area contributed by atoms with Gasteiger partial charge in [-0.25, -0.2) is 0 Å². The molecular weight excluding hydrogens is 330 g/mol. The van der Waals surface area contributed by atoms with Crippen LogP contribution in [0.25, 0.3) is 0 Å². The van der Waals surface area contributed by atoms with Crippen LogP contribution in [0.3, 0.4) is 0 Å². The van der Waals surface area contributed by atoms with Crippen molar-refractivity contribution >= 4 is 17.5 Å². The maximum atomic E-state index is 12.8. The van der Waals surface area contributed by atoms with Gasteiger partial charge in [-0.05, 0) is 44.9 Å². The summed E-state index contributed by atoms with van der Waals surface area (Å²) < 4.78 is 5.80. The number of nitrogens with zero attached hydrogens (tertiary/aromatic N) is 2. The third-order valence-electron chi connectivity index (χ3n) is 5.28. The van der Waals surface area contributed by atoms with Gasteiger partial charge < -0.3 is 20.3 Å². The fraction of sp³-hybridized carbons (Fsp3) is 0.600. The first-order valence-electron chi connectivity index (χ1n) is 9.56. The summed E-state index contributed by atoms with van der Waals surface area (Å²) in [7, 11) is 0. The van der Waals surface area contributed by atoms with Crippen LogP contribution >= 0.6 is 0 Å². The molecule has 6 nitrogen and oxygen atoms in total. The van der Waals surface area contributed by atoms with E-state index in [-0.39, 0.29) is 23.8 Å². The maximum absolute atomic E-state index is 12.8. The zero-order valence-corrected chi connectivity index (χ0v) is 15.5. The fourth-order valence-electron chi connectivity index (χ4n) is 3.68. The molecule has 2 amide bonds. The van der Waals surface area contributed by atoms with Crippen LogP contribution in [-0.2, 0) is 14.3 Å². The monoisotopic (exact) mass is 359 g/mol. The fourth-order valence-corrected chi connectivity index (χ4v) is 3.68. The molecule has 2 N–H and O–H groups in total. The number of hydrogen-bond donors (Lipinski definition) is 1. The van der Waals surface area contributed by atoms with Gasteiger partial charge in [-0.3, -0.25) is 9.59 Å². The Morgan fingerprint density at radius 1 is 1.23 bits per heavy atom. The Kier molecular flexibility index (Phi) is 6.27. The molecule has 1 aromatic rings. The van der Waals surface area contributed by atoms with E-state index in [0.717, 1.165) is 30.5 Å². The molecule has 0 aliphatic carbocycles. The van der Waals surface area contributed by atoms with E-state index in [0.29, 0.717) is 39.2 Å². The highest BCUT2D eigenvalue weighted by Crippen LogP contribution is 2.27. The summed E-state index contributed by atoms with van der Waals surface area (Å²) in [6, 6.07) is 7.88. The quantitative estimate of drug-likeness (QED) is 0.785. The first-order valence-corrected chi connectivity index (χ1v) is 9.56. The van der Waals surface area contributed by atoms with Crippen LogP contribution in [0, 0.1) is 12.8 Å². The first-order chi connectivity index (χ1) is 12.6. The second-order valence-corrected chi connectivity index (χ2v) is 7.28. The van der Waals surface area contributed by atoms with Crippen LogP contribution in [0.4, 0.5) is 5.69 Å². The number of rotatable bonds is 6. The number of nitrogens with two attached hydrogens (primary N) is 1. The highest BCUT2D eigenvalue weighted by molar-refractivity contribution is 6.00. The minimum atomic E-state index is -0.237. The number of likely N-dealkylation sites (tertiary alicyclic amines) is 1. The lowest BCUT2D eigenvalue weighted by molar-refractivity contribution is -0.138. The summed E-state index contributed by atoms with van der Waals surface area (Å²) in [4.78, 5) is 28.9. The molecule has 0 aromatic heterocycles. The Balaban J connectivity index is 1.51. The standard InChI is InChI=1S/C20H29N3O3/c1-15-3-5-17(6-4-15)23-14-16(13-19(23)24)20(25)22-10-7-18(8-11-22)26-12-2-9-21/h3-6,16,18H,2,7-14,21H2,1H3. The number of hydrogen-bond acceptors (Lipinski definition) is 4. The molecule has 2 aliphatic heterocycles. The molecule has 142 valence electrons. The molecule has 2 saturated heterocycles. The Bertz CT molecular complexity index is 624. The average molecular weight is 359 g/mol.